The van der Waals surface area contributed by atoms with E-state index in [0.29, 0.717) is 17.5 Å². The van der Waals surface area contributed by atoms with E-state index in [9.17, 15) is 0 Å². The molecule has 4 nitrogen and oxygen atoms in total. The number of rotatable bonds is 3. The van der Waals surface area contributed by atoms with E-state index in [-0.39, 0.29) is 0 Å². The highest BCUT2D eigenvalue weighted by molar-refractivity contribution is 7.25. The first-order valence-electron chi connectivity index (χ1n) is 12.4. The average molecular weight is 506 g/mol. The lowest BCUT2D eigenvalue weighted by Crippen LogP contribution is -2.00. The van der Waals surface area contributed by atoms with Crippen LogP contribution in [0, 0.1) is 0 Å². The van der Waals surface area contributed by atoms with Gasteiger partial charge in [-0.1, -0.05) is 78.9 Å². The molecule has 0 aliphatic heterocycles. The Bertz CT molecular complexity index is 2140. The van der Waals surface area contributed by atoms with Gasteiger partial charge in [0.1, 0.15) is 11.2 Å². The van der Waals surface area contributed by atoms with Crippen molar-refractivity contribution in [1.82, 2.24) is 15.0 Å². The second-order valence-corrected chi connectivity index (χ2v) is 10.4. The van der Waals surface area contributed by atoms with E-state index in [0.717, 1.165) is 38.6 Å². The van der Waals surface area contributed by atoms with Crippen LogP contribution in [-0.2, 0) is 0 Å². The highest BCUT2D eigenvalue weighted by atomic mass is 32.1. The van der Waals surface area contributed by atoms with Crippen LogP contribution in [0.3, 0.4) is 0 Å². The summed E-state index contributed by atoms with van der Waals surface area (Å²) in [5, 5.41) is 4.66. The van der Waals surface area contributed by atoms with Crippen molar-refractivity contribution in [3.8, 4) is 34.2 Å². The van der Waals surface area contributed by atoms with Crippen molar-refractivity contribution in [1.29, 1.82) is 0 Å². The van der Waals surface area contributed by atoms with Crippen LogP contribution in [0.4, 0.5) is 0 Å². The molecule has 0 saturated heterocycles. The molecule has 5 aromatic carbocycles. The van der Waals surface area contributed by atoms with Crippen LogP contribution in [0.15, 0.2) is 120 Å². The number of thiophene rings is 1. The first kappa shape index (κ1) is 21.2. The largest absolute Gasteiger partial charge is 0.456 e. The fourth-order valence-electron chi connectivity index (χ4n) is 5.08. The molecule has 0 unspecified atom stereocenters. The van der Waals surface area contributed by atoms with Gasteiger partial charge in [-0.05, 0) is 36.4 Å². The Labute approximate surface area is 221 Å². The van der Waals surface area contributed by atoms with Crippen LogP contribution < -0.4 is 0 Å². The third kappa shape index (κ3) is 3.40. The second-order valence-electron chi connectivity index (χ2n) is 9.29. The SMILES string of the molecule is c1ccc(-c2nc(-c3ccc4c(c3)sc3ccccc34)nc(-c3ccc4oc5ccccc5c4c3)n2)cc1. The predicted octanol–water partition coefficient (Wildman–Crippen LogP) is 9.14. The molecule has 0 radical (unpaired) electrons. The summed E-state index contributed by atoms with van der Waals surface area (Å²) >= 11 is 1.79. The quantitative estimate of drug-likeness (QED) is 0.240. The maximum atomic E-state index is 6.04. The molecule has 0 saturated carbocycles. The van der Waals surface area contributed by atoms with Gasteiger partial charge < -0.3 is 4.42 Å². The van der Waals surface area contributed by atoms with Crippen molar-refractivity contribution in [3.63, 3.8) is 0 Å². The molecule has 0 fully saturated rings. The molecule has 8 aromatic rings. The number of hydrogen-bond donors (Lipinski definition) is 0. The molecular weight excluding hydrogens is 486 g/mol. The van der Waals surface area contributed by atoms with Crippen molar-refractivity contribution < 1.29 is 4.42 Å². The summed E-state index contributed by atoms with van der Waals surface area (Å²) in [6, 6.07) is 39.3. The number of aromatic nitrogens is 3. The normalized spacial score (nSPS) is 11.7. The third-order valence-electron chi connectivity index (χ3n) is 6.94. The van der Waals surface area contributed by atoms with Crippen molar-refractivity contribution >= 4 is 53.4 Å². The molecule has 0 amide bonds. The Morgan fingerprint density at radius 2 is 1.03 bits per heavy atom. The lowest BCUT2D eigenvalue weighted by molar-refractivity contribution is 0.669. The van der Waals surface area contributed by atoms with Crippen molar-refractivity contribution in [2.45, 2.75) is 0 Å². The van der Waals surface area contributed by atoms with Gasteiger partial charge in [-0.2, -0.15) is 0 Å². The van der Waals surface area contributed by atoms with Crippen LogP contribution in [-0.4, -0.2) is 15.0 Å². The minimum absolute atomic E-state index is 0.637. The topological polar surface area (TPSA) is 51.8 Å². The zero-order chi connectivity index (χ0) is 25.1. The molecular formula is C33H19N3OS. The summed E-state index contributed by atoms with van der Waals surface area (Å²) in [7, 11) is 0. The molecule has 5 heteroatoms. The molecule has 0 aliphatic carbocycles. The second kappa shape index (κ2) is 8.33. The standard InChI is InChI=1S/C33H19N3OS/c1-2-8-20(9-3-1)31-34-32(21-15-17-28-26(18-21)23-10-4-6-12-27(23)37-28)36-33(35-31)22-14-16-25-24-11-5-7-13-29(24)38-30(25)19-22/h1-19H. The van der Waals surface area contributed by atoms with Gasteiger partial charge in [0.2, 0.25) is 0 Å². The smallest absolute Gasteiger partial charge is 0.164 e. The lowest BCUT2D eigenvalue weighted by atomic mass is 10.1. The molecule has 3 heterocycles. The van der Waals surface area contributed by atoms with Gasteiger partial charge >= 0.3 is 0 Å². The molecule has 0 aliphatic rings. The number of benzene rings is 5. The highest BCUT2D eigenvalue weighted by Crippen LogP contribution is 2.37. The Kier molecular flexibility index (Phi) is 4.66. The van der Waals surface area contributed by atoms with Gasteiger partial charge in [-0.25, -0.2) is 15.0 Å². The monoisotopic (exact) mass is 505 g/mol. The molecule has 0 bridgehead atoms. The van der Waals surface area contributed by atoms with Gasteiger partial charge in [0, 0.05) is 47.6 Å². The highest BCUT2D eigenvalue weighted by Gasteiger charge is 2.15. The predicted molar refractivity (Wildman–Crippen MR) is 156 cm³/mol. The minimum atomic E-state index is 0.637. The number of hydrogen-bond acceptors (Lipinski definition) is 5. The number of nitrogens with zero attached hydrogens (tertiary/aromatic N) is 3. The Hall–Kier alpha value is -4.87. The fraction of sp³-hybridized carbons (Fsp3) is 0. The van der Waals surface area contributed by atoms with Crippen LogP contribution in [0.2, 0.25) is 0 Å². The molecule has 0 N–H and O–H groups in total. The summed E-state index contributed by atoms with van der Waals surface area (Å²) in [6.07, 6.45) is 0. The van der Waals surface area contributed by atoms with Crippen molar-refractivity contribution in [2.75, 3.05) is 0 Å². The van der Waals surface area contributed by atoms with Crippen molar-refractivity contribution in [2.24, 2.45) is 0 Å². The Morgan fingerprint density at radius 3 is 1.87 bits per heavy atom. The van der Waals surface area contributed by atoms with E-state index in [1.54, 1.807) is 11.3 Å². The maximum Gasteiger partial charge on any atom is 0.164 e. The fourth-order valence-corrected chi connectivity index (χ4v) is 6.23. The van der Waals surface area contributed by atoms with E-state index in [2.05, 4.69) is 54.6 Å². The van der Waals surface area contributed by atoms with Gasteiger partial charge in [0.05, 0.1) is 0 Å². The summed E-state index contributed by atoms with van der Waals surface area (Å²) in [4.78, 5) is 14.8. The molecule has 178 valence electrons. The first-order chi connectivity index (χ1) is 18.8. The zero-order valence-corrected chi connectivity index (χ0v) is 20.9. The first-order valence-corrected chi connectivity index (χ1v) is 13.3. The van der Waals surface area contributed by atoms with Crippen molar-refractivity contribution in [3.05, 3.63) is 115 Å². The summed E-state index contributed by atoms with van der Waals surface area (Å²) in [6.45, 7) is 0. The number of fused-ring (bicyclic) bond motifs is 6. The van der Waals surface area contributed by atoms with E-state index >= 15 is 0 Å². The van der Waals surface area contributed by atoms with Gasteiger partial charge in [-0.3, -0.25) is 0 Å². The van der Waals surface area contributed by atoms with Gasteiger partial charge in [0.25, 0.3) is 0 Å². The number of para-hydroxylation sites is 1. The molecule has 0 spiro atoms. The van der Waals surface area contributed by atoms with Crippen LogP contribution in [0.5, 0.6) is 0 Å². The molecule has 3 aromatic heterocycles. The van der Waals surface area contributed by atoms with E-state index in [1.165, 1.54) is 20.2 Å². The van der Waals surface area contributed by atoms with Crippen LogP contribution in [0.25, 0.3) is 76.3 Å². The summed E-state index contributed by atoms with van der Waals surface area (Å²) in [5.74, 6) is 1.95. The Balaban J connectivity index is 1.34. The van der Waals surface area contributed by atoms with E-state index < -0.39 is 0 Å². The van der Waals surface area contributed by atoms with Gasteiger partial charge in [0.15, 0.2) is 17.5 Å². The Morgan fingerprint density at radius 1 is 0.421 bits per heavy atom. The van der Waals surface area contributed by atoms with Gasteiger partial charge in [-0.15, -0.1) is 11.3 Å². The molecule has 8 rings (SSSR count). The molecule has 0 atom stereocenters. The maximum absolute atomic E-state index is 6.04. The van der Waals surface area contributed by atoms with Crippen LogP contribution in [0.1, 0.15) is 0 Å². The summed E-state index contributed by atoms with van der Waals surface area (Å²) < 4.78 is 8.54. The molecule has 38 heavy (non-hydrogen) atoms. The third-order valence-corrected chi connectivity index (χ3v) is 8.07. The summed E-state index contributed by atoms with van der Waals surface area (Å²) in [5.41, 5.74) is 4.57. The van der Waals surface area contributed by atoms with Crippen LogP contribution >= 0.6 is 11.3 Å². The zero-order valence-electron chi connectivity index (χ0n) is 20.1. The lowest BCUT2D eigenvalue weighted by Gasteiger charge is -2.08. The van der Waals surface area contributed by atoms with E-state index in [1.807, 2.05) is 60.7 Å². The number of furan rings is 1. The average Bonchev–Trinajstić information content (AvgIpc) is 3.55. The minimum Gasteiger partial charge on any atom is -0.456 e. The van der Waals surface area contributed by atoms with E-state index in [4.69, 9.17) is 19.4 Å².